The van der Waals surface area contributed by atoms with Crippen molar-refractivity contribution in [1.29, 1.82) is 0 Å². The van der Waals surface area contributed by atoms with Gasteiger partial charge in [0, 0.05) is 6.61 Å². The topological polar surface area (TPSA) is 96.7 Å². The van der Waals surface area contributed by atoms with Crippen molar-refractivity contribution in [1.82, 2.24) is 9.97 Å². The van der Waals surface area contributed by atoms with E-state index >= 15 is 0 Å². The first-order valence-corrected chi connectivity index (χ1v) is 13.2. The SMILES string of the molecule is CC/C=C(Nc1ncnc(C)c1/N=C(\C)C(=O)B1CCC(CCO)CC1)\C(=C/CP)OC(C)C. The third kappa shape index (κ3) is 8.32. The van der Waals surface area contributed by atoms with Crippen LogP contribution in [-0.2, 0) is 9.53 Å². The summed E-state index contributed by atoms with van der Waals surface area (Å²) in [6, 6.07) is 0. The average molecular weight is 486 g/mol. The molecule has 1 atom stereocenters. The fourth-order valence-electron chi connectivity index (χ4n) is 4.23. The Morgan fingerprint density at radius 3 is 2.65 bits per heavy atom. The molecule has 0 amide bonds. The molecule has 1 aromatic heterocycles. The van der Waals surface area contributed by atoms with Crippen LogP contribution in [0.25, 0.3) is 0 Å². The zero-order valence-corrected chi connectivity index (χ0v) is 22.5. The number of aliphatic hydroxyl groups is 1. The Morgan fingerprint density at radius 1 is 1.35 bits per heavy atom. The Balaban J connectivity index is 2.29. The van der Waals surface area contributed by atoms with E-state index in [-0.39, 0.29) is 25.1 Å². The molecule has 0 radical (unpaired) electrons. The number of nitrogens with zero attached hydrogens (tertiary/aromatic N) is 3. The maximum absolute atomic E-state index is 13.1. The molecule has 186 valence electrons. The summed E-state index contributed by atoms with van der Waals surface area (Å²) in [7, 11) is 2.69. The molecule has 2 rings (SSSR count). The number of aromatic nitrogens is 2. The highest BCUT2D eigenvalue weighted by Gasteiger charge is 2.31. The van der Waals surface area contributed by atoms with Crippen LogP contribution in [0.15, 0.2) is 34.9 Å². The molecule has 34 heavy (non-hydrogen) atoms. The number of anilines is 1. The molecule has 1 fully saturated rings. The molecule has 0 aliphatic carbocycles. The van der Waals surface area contributed by atoms with Crippen LogP contribution in [0.4, 0.5) is 11.5 Å². The number of rotatable bonds is 12. The quantitative estimate of drug-likeness (QED) is 0.139. The molecule has 2 heterocycles. The Kier molecular flexibility index (Phi) is 11.9. The molecule has 0 spiro atoms. The smallest absolute Gasteiger partial charge is 0.231 e. The van der Waals surface area contributed by atoms with Gasteiger partial charge in [-0.15, -0.1) is 9.24 Å². The first-order valence-electron chi connectivity index (χ1n) is 12.4. The van der Waals surface area contributed by atoms with Gasteiger partial charge in [-0.05, 0) is 58.7 Å². The summed E-state index contributed by atoms with van der Waals surface area (Å²) >= 11 is 0. The van der Waals surface area contributed by atoms with E-state index in [9.17, 15) is 9.90 Å². The lowest BCUT2D eigenvalue weighted by atomic mass is 9.37. The Hall–Kier alpha value is -2.05. The van der Waals surface area contributed by atoms with Gasteiger partial charge in [-0.2, -0.15) is 0 Å². The standard InChI is InChI=1S/C25H40BN4O3P/c1-6-7-21(22(11-15-34)33-17(2)3)30-25-23(18(4)27-16-28-25)29-19(5)24(32)26-12-8-20(9-13-26)10-14-31/h7,11,16-17,20,31H,6,8-10,12-15,34H2,1-5H3,(H,27,28,30)/b21-7+,22-11+,29-19+. The summed E-state index contributed by atoms with van der Waals surface area (Å²) in [4.78, 5) is 26.6. The molecule has 1 saturated heterocycles. The van der Waals surface area contributed by atoms with Crippen LogP contribution in [-0.4, -0.2) is 52.1 Å². The van der Waals surface area contributed by atoms with Gasteiger partial charge in [0.05, 0.1) is 23.2 Å². The van der Waals surface area contributed by atoms with Gasteiger partial charge in [0.1, 0.15) is 23.5 Å². The number of allylic oxidation sites excluding steroid dienone is 2. The number of ether oxygens (including phenoxy) is 1. The van der Waals surface area contributed by atoms with Gasteiger partial charge in [0.2, 0.25) is 6.71 Å². The van der Waals surface area contributed by atoms with Gasteiger partial charge in [0.15, 0.2) is 5.82 Å². The first-order chi connectivity index (χ1) is 16.3. The third-order valence-electron chi connectivity index (χ3n) is 5.99. The Morgan fingerprint density at radius 2 is 2.06 bits per heavy atom. The number of carbonyl (C=O) groups excluding carboxylic acids is 1. The second-order valence-electron chi connectivity index (χ2n) is 9.07. The highest BCUT2D eigenvalue weighted by Crippen LogP contribution is 2.31. The molecule has 1 aromatic rings. The zero-order valence-electron chi connectivity index (χ0n) is 21.3. The predicted molar refractivity (Wildman–Crippen MR) is 145 cm³/mol. The van der Waals surface area contributed by atoms with Crippen LogP contribution in [0.2, 0.25) is 12.6 Å². The number of aliphatic imine (C=N–C) groups is 1. The van der Waals surface area contributed by atoms with Crippen LogP contribution in [0, 0.1) is 12.8 Å². The fourth-order valence-corrected chi connectivity index (χ4v) is 4.45. The maximum atomic E-state index is 13.1. The fraction of sp³-hybridized carbons (Fsp3) is 0.600. The van der Waals surface area contributed by atoms with Crippen molar-refractivity contribution in [2.24, 2.45) is 10.9 Å². The summed E-state index contributed by atoms with van der Waals surface area (Å²) in [5.41, 5.74) is 2.66. The van der Waals surface area contributed by atoms with Crippen molar-refractivity contribution in [3.63, 3.8) is 0 Å². The van der Waals surface area contributed by atoms with E-state index in [2.05, 4.69) is 37.5 Å². The number of hydrogen-bond donors (Lipinski definition) is 2. The molecule has 1 unspecified atom stereocenters. The van der Waals surface area contributed by atoms with Crippen LogP contribution >= 0.6 is 9.24 Å². The van der Waals surface area contributed by atoms with Gasteiger partial charge < -0.3 is 20.0 Å². The maximum Gasteiger partial charge on any atom is 0.231 e. The molecular formula is C25H40BN4O3P. The highest BCUT2D eigenvalue weighted by molar-refractivity contribution is 7.16. The van der Waals surface area contributed by atoms with Crippen molar-refractivity contribution in [2.45, 2.75) is 79.0 Å². The molecule has 1 aliphatic heterocycles. The molecule has 2 N–H and O–H groups in total. The highest BCUT2D eigenvalue weighted by atomic mass is 31.0. The van der Waals surface area contributed by atoms with Crippen molar-refractivity contribution >= 4 is 38.9 Å². The molecule has 0 aromatic carbocycles. The minimum atomic E-state index is -0.00776. The number of aryl methyl sites for hydroxylation is 1. The number of hydrogen-bond acceptors (Lipinski definition) is 7. The lowest BCUT2D eigenvalue weighted by molar-refractivity contribution is -0.107. The van der Waals surface area contributed by atoms with Gasteiger partial charge in [0.25, 0.3) is 0 Å². The summed E-state index contributed by atoms with van der Waals surface area (Å²) in [6.07, 6.45) is 11.7. The molecule has 1 aliphatic rings. The minimum Gasteiger partial charge on any atom is -0.489 e. The minimum absolute atomic E-state index is 0.00776. The number of nitrogens with one attached hydrogen (secondary N) is 1. The lowest BCUT2D eigenvalue weighted by Crippen LogP contribution is -2.35. The summed E-state index contributed by atoms with van der Waals surface area (Å²) in [5, 5.41) is 12.6. The van der Waals surface area contributed by atoms with Crippen LogP contribution < -0.4 is 5.32 Å². The van der Waals surface area contributed by atoms with Crippen molar-refractivity contribution in [2.75, 3.05) is 18.1 Å². The Labute approximate surface area is 207 Å². The van der Waals surface area contributed by atoms with E-state index in [0.29, 0.717) is 28.8 Å². The van der Waals surface area contributed by atoms with E-state index in [1.54, 1.807) is 6.92 Å². The van der Waals surface area contributed by atoms with E-state index in [1.165, 1.54) is 6.33 Å². The normalized spacial score (nSPS) is 16.2. The van der Waals surface area contributed by atoms with Crippen LogP contribution in [0.1, 0.15) is 59.1 Å². The van der Waals surface area contributed by atoms with Crippen LogP contribution in [0.3, 0.4) is 0 Å². The number of aliphatic hydroxyl groups excluding tert-OH is 1. The molecule has 0 bridgehead atoms. The van der Waals surface area contributed by atoms with E-state index in [4.69, 9.17) is 9.73 Å². The average Bonchev–Trinajstić information content (AvgIpc) is 2.80. The summed E-state index contributed by atoms with van der Waals surface area (Å²) < 4.78 is 6.04. The summed E-state index contributed by atoms with van der Waals surface area (Å²) in [6.45, 7) is 9.93. The van der Waals surface area contributed by atoms with Gasteiger partial charge >= 0.3 is 0 Å². The lowest BCUT2D eigenvalue weighted by Gasteiger charge is -2.25. The van der Waals surface area contributed by atoms with Crippen LogP contribution in [0.5, 0.6) is 0 Å². The molecular weight excluding hydrogens is 446 g/mol. The molecule has 9 heteroatoms. The first kappa shape index (κ1) is 28.2. The van der Waals surface area contributed by atoms with E-state index in [1.807, 2.05) is 26.8 Å². The van der Waals surface area contributed by atoms with Gasteiger partial charge in [-0.1, -0.05) is 38.5 Å². The third-order valence-corrected chi connectivity index (χ3v) is 6.22. The largest absolute Gasteiger partial charge is 0.489 e. The number of carbonyl (C=O) groups is 1. The monoisotopic (exact) mass is 486 g/mol. The molecule has 7 nitrogen and oxygen atoms in total. The Bertz CT molecular complexity index is 909. The zero-order chi connectivity index (χ0) is 25.1. The van der Waals surface area contributed by atoms with E-state index < -0.39 is 0 Å². The van der Waals surface area contributed by atoms with Gasteiger partial charge in [-0.25, -0.2) is 15.0 Å². The van der Waals surface area contributed by atoms with Crippen molar-refractivity contribution in [3.8, 4) is 0 Å². The predicted octanol–water partition coefficient (Wildman–Crippen LogP) is 5.16. The van der Waals surface area contributed by atoms with Crippen molar-refractivity contribution in [3.05, 3.63) is 35.6 Å². The second kappa shape index (κ2) is 14.4. The second-order valence-corrected chi connectivity index (χ2v) is 9.54. The van der Waals surface area contributed by atoms with Gasteiger partial charge in [-0.3, -0.25) is 0 Å². The summed E-state index contributed by atoms with van der Waals surface area (Å²) in [5.74, 6) is 1.82. The molecule has 0 saturated carbocycles. The van der Waals surface area contributed by atoms with E-state index in [0.717, 1.165) is 55.9 Å². The van der Waals surface area contributed by atoms with Crippen molar-refractivity contribution < 1.29 is 14.6 Å².